The van der Waals surface area contributed by atoms with Crippen LogP contribution >= 0.6 is 11.8 Å². The molecule has 0 atom stereocenters. The average molecular weight is 284 g/mol. The maximum absolute atomic E-state index is 10.5. The summed E-state index contributed by atoms with van der Waals surface area (Å²) in [4.78, 5) is 21.7. The smallest absolute Gasteiger partial charge is 0.341 e. The van der Waals surface area contributed by atoms with E-state index in [-0.39, 0.29) is 6.61 Å². The normalized spacial score (nSPS) is 10.0. The second-order valence-electron chi connectivity index (χ2n) is 3.75. The van der Waals surface area contributed by atoms with Crippen LogP contribution in [-0.2, 0) is 9.59 Å². The van der Waals surface area contributed by atoms with Crippen LogP contribution in [0.25, 0.3) is 0 Å². The first-order valence-electron chi connectivity index (χ1n) is 5.68. The molecule has 0 spiro atoms. The van der Waals surface area contributed by atoms with Gasteiger partial charge in [0.15, 0.2) is 6.61 Å². The standard InChI is InChI=1S/C13H16O5S/c1-9-6-12(19-5-3-4-14)11(17-2)7-10(9)18-8-13(15)16/h4,6-7H,3,5,8H2,1-2H3,(H,15,16). The predicted octanol–water partition coefficient (Wildman–Crippen LogP) is 2.15. The molecule has 19 heavy (non-hydrogen) atoms. The molecular formula is C13H16O5S. The van der Waals surface area contributed by atoms with Crippen molar-refractivity contribution in [1.29, 1.82) is 0 Å². The molecule has 104 valence electrons. The number of thioether (sulfide) groups is 1. The van der Waals surface area contributed by atoms with Gasteiger partial charge in [0.2, 0.25) is 0 Å². The number of rotatable bonds is 8. The van der Waals surface area contributed by atoms with Crippen molar-refractivity contribution in [3.05, 3.63) is 17.7 Å². The molecule has 0 unspecified atom stereocenters. The van der Waals surface area contributed by atoms with Crippen LogP contribution in [0, 0.1) is 6.92 Å². The number of ether oxygens (including phenoxy) is 2. The van der Waals surface area contributed by atoms with Crippen molar-refractivity contribution in [2.24, 2.45) is 0 Å². The summed E-state index contributed by atoms with van der Waals surface area (Å²) in [6.45, 7) is 1.45. The van der Waals surface area contributed by atoms with E-state index in [9.17, 15) is 9.59 Å². The highest BCUT2D eigenvalue weighted by molar-refractivity contribution is 7.99. The molecule has 0 radical (unpaired) electrons. The van der Waals surface area contributed by atoms with Gasteiger partial charge in [0.1, 0.15) is 17.8 Å². The van der Waals surface area contributed by atoms with Crippen molar-refractivity contribution >= 4 is 24.0 Å². The van der Waals surface area contributed by atoms with E-state index in [0.717, 1.165) is 16.7 Å². The Morgan fingerprint density at radius 1 is 1.42 bits per heavy atom. The SMILES string of the molecule is COc1cc(OCC(=O)O)c(C)cc1SCCC=O. The van der Waals surface area contributed by atoms with Crippen LogP contribution in [0.3, 0.4) is 0 Å². The van der Waals surface area contributed by atoms with Gasteiger partial charge < -0.3 is 19.4 Å². The van der Waals surface area contributed by atoms with Gasteiger partial charge in [0, 0.05) is 23.1 Å². The number of benzene rings is 1. The van der Waals surface area contributed by atoms with E-state index in [2.05, 4.69) is 0 Å². The number of carbonyl (C=O) groups is 2. The highest BCUT2D eigenvalue weighted by Crippen LogP contribution is 2.35. The van der Waals surface area contributed by atoms with Gasteiger partial charge in [-0.15, -0.1) is 11.8 Å². The molecule has 0 bridgehead atoms. The van der Waals surface area contributed by atoms with Crippen molar-refractivity contribution in [2.45, 2.75) is 18.2 Å². The molecule has 1 aromatic rings. The van der Waals surface area contributed by atoms with Crippen LogP contribution in [-0.4, -0.2) is 36.8 Å². The largest absolute Gasteiger partial charge is 0.495 e. The fourth-order valence-electron chi connectivity index (χ4n) is 1.43. The molecule has 0 aliphatic carbocycles. The lowest BCUT2D eigenvalue weighted by Crippen LogP contribution is -2.10. The van der Waals surface area contributed by atoms with Gasteiger partial charge in [0.25, 0.3) is 0 Å². The number of aldehydes is 1. The number of carbonyl (C=O) groups excluding carboxylic acids is 1. The lowest BCUT2D eigenvalue weighted by molar-refractivity contribution is -0.139. The Morgan fingerprint density at radius 3 is 2.74 bits per heavy atom. The summed E-state index contributed by atoms with van der Waals surface area (Å²) >= 11 is 1.52. The molecule has 1 N–H and O–H groups in total. The van der Waals surface area contributed by atoms with Crippen LogP contribution in [0.4, 0.5) is 0 Å². The van der Waals surface area contributed by atoms with Crippen molar-refractivity contribution < 1.29 is 24.2 Å². The number of aryl methyl sites for hydroxylation is 1. The van der Waals surface area contributed by atoms with Crippen LogP contribution in [0.15, 0.2) is 17.0 Å². The summed E-state index contributed by atoms with van der Waals surface area (Å²) in [6, 6.07) is 3.53. The molecule has 0 heterocycles. The minimum absolute atomic E-state index is 0.387. The molecule has 6 heteroatoms. The Hall–Kier alpha value is -1.69. The minimum atomic E-state index is -1.03. The summed E-state index contributed by atoms with van der Waals surface area (Å²) in [5, 5.41) is 8.60. The zero-order chi connectivity index (χ0) is 14.3. The molecule has 0 fully saturated rings. The Labute approximate surface area is 115 Å². The second kappa shape index (κ2) is 7.68. The molecule has 1 aromatic carbocycles. The van der Waals surface area contributed by atoms with E-state index < -0.39 is 5.97 Å². The summed E-state index contributed by atoms with van der Waals surface area (Å²) in [5.74, 6) is 0.748. The molecule has 0 amide bonds. The zero-order valence-electron chi connectivity index (χ0n) is 10.8. The first kappa shape index (κ1) is 15.4. The molecule has 0 saturated carbocycles. The average Bonchev–Trinajstić information content (AvgIpc) is 2.38. The van der Waals surface area contributed by atoms with E-state index in [1.165, 1.54) is 18.9 Å². The van der Waals surface area contributed by atoms with Crippen LogP contribution in [0.5, 0.6) is 11.5 Å². The molecular weight excluding hydrogens is 268 g/mol. The van der Waals surface area contributed by atoms with Crippen molar-refractivity contribution in [3.63, 3.8) is 0 Å². The zero-order valence-corrected chi connectivity index (χ0v) is 11.7. The van der Waals surface area contributed by atoms with Gasteiger partial charge >= 0.3 is 5.97 Å². The maximum Gasteiger partial charge on any atom is 0.341 e. The topological polar surface area (TPSA) is 72.8 Å². The maximum atomic E-state index is 10.5. The highest BCUT2D eigenvalue weighted by atomic mass is 32.2. The van der Waals surface area contributed by atoms with Crippen LogP contribution < -0.4 is 9.47 Å². The molecule has 0 saturated heterocycles. The fraction of sp³-hybridized carbons (Fsp3) is 0.385. The number of methoxy groups -OCH3 is 1. The summed E-state index contributed by atoms with van der Waals surface area (Å²) in [6.07, 6.45) is 1.35. The van der Waals surface area contributed by atoms with Crippen LogP contribution in [0.2, 0.25) is 0 Å². The molecule has 0 aromatic heterocycles. The number of carboxylic acid groups (broad SMARTS) is 1. The van der Waals surface area contributed by atoms with Gasteiger partial charge in [-0.1, -0.05) is 0 Å². The van der Waals surface area contributed by atoms with E-state index in [0.29, 0.717) is 23.7 Å². The Kier molecular flexibility index (Phi) is 6.21. The van der Waals surface area contributed by atoms with Crippen molar-refractivity contribution in [1.82, 2.24) is 0 Å². The van der Waals surface area contributed by atoms with E-state index >= 15 is 0 Å². The quantitative estimate of drug-likeness (QED) is 0.448. The van der Waals surface area contributed by atoms with Crippen LogP contribution in [0.1, 0.15) is 12.0 Å². The van der Waals surface area contributed by atoms with E-state index in [1.807, 2.05) is 13.0 Å². The second-order valence-corrected chi connectivity index (χ2v) is 4.89. The van der Waals surface area contributed by atoms with Crippen molar-refractivity contribution in [3.8, 4) is 11.5 Å². The fourth-order valence-corrected chi connectivity index (χ4v) is 2.41. The van der Waals surface area contributed by atoms with Gasteiger partial charge in [-0.05, 0) is 18.6 Å². The van der Waals surface area contributed by atoms with Gasteiger partial charge in [-0.3, -0.25) is 0 Å². The lowest BCUT2D eigenvalue weighted by atomic mass is 10.2. The third-order valence-corrected chi connectivity index (χ3v) is 3.38. The minimum Gasteiger partial charge on any atom is -0.495 e. The Bertz CT molecular complexity index is 459. The highest BCUT2D eigenvalue weighted by Gasteiger charge is 2.10. The van der Waals surface area contributed by atoms with Crippen molar-refractivity contribution in [2.75, 3.05) is 19.5 Å². The first-order valence-corrected chi connectivity index (χ1v) is 6.66. The summed E-state index contributed by atoms with van der Waals surface area (Å²) in [7, 11) is 1.54. The number of aliphatic carboxylic acids is 1. The van der Waals surface area contributed by atoms with Gasteiger partial charge in [-0.25, -0.2) is 4.79 Å². The molecule has 1 rings (SSSR count). The third kappa shape index (κ3) is 4.82. The molecule has 0 aliphatic rings. The van der Waals surface area contributed by atoms with E-state index in [4.69, 9.17) is 14.6 Å². The number of hydrogen-bond acceptors (Lipinski definition) is 5. The molecule has 0 aliphatic heterocycles. The number of carboxylic acids is 1. The monoisotopic (exact) mass is 284 g/mol. The van der Waals surface area contributed by atoms with Gasteiger partial charge in [0.05, 0.1) is 7.11 Å². The third-order valence-electron chi connectivity index (χ3n) is 2.31. The summed E-state index contributed by atoms with van der Waals surface area (Å²) in [5.41, 5.74) is 0.829. The lowest BCUT2D eigenvalue weighted by Gasteiger charge is -2.13. The Morgan fingerprint density at radius 2 is 2.16 bits per heavy atom. The number of hydrogen-bond donors (Lipinski definition) is 1. The predicted molar refractivity (Wildman–Crippen MR) is 72.3 cm³/mol. The summed E-state index contributed by atoms with van der Waals surface area (Å²) < 4.78 is 10.4. The first-order chi connectivity index (χ1) is 9.08. The van der Waals surface area contributed by atoms with Gasteiger partial charge in [-0.2, -0.15) is 0 Å². The van der Waals surface area contributed by atoms with E-state index in [1.54, 1.807) is 6.07 Å². The molecule has 5 nitrogen and oxygen atoms in total. The Balaban J connectivity index is 2.86.